The van der Waals surface area contributed by atoms with E-state index >= 15 is 0 Å². The summed E-state index contributed by atoms with van der Waals surface area (Å²) in [6.07, 6.45) is 3.52. The quantitative estimate of drug-likeness (QED) is 0.542. The van der Waals surface area contributed by atoms with Crippen molar-refractivity contribution in [3.63, 3.8) is 0 Å². The van der Waals surface area contributed by atoms with E-state index in [1.54, 1.807) is 6.33 Å². The summed E-state index contributed by atoms with van der Waals surface area (Å²) in [6, 6.07) is 0. The molecule has 0 aliphatic carbocycles. The molecule has 0 unspecified atom stereocenters. The molecule has 0 aromatic carbocycles. The first-order valence-corrected chi connectivity index (χ1v) is 4.35. The lowest BCUT2D eigenvalue weighted by atomic mass is 10.3. The van der Waals surface area contributed by atoms with Gasteiger partial charge in [0.1, 0.15) is 12.9 Å². The number of rotatable bonds is 4. The van der Waals surface area contributed by atoms with Crippen LogP contribution < -0.4 is 5.73 Å². The summed E-state index contributed by atoms with van der Waals surface area (Å²) < 4.78 is 1.84. The van der Waals surface area contributed by atoms with Gasteiger partial charge in [0, 0.05) is 13.5 Å². The molecule has 0 fully saturated rings. The second-order valence-corrected chi connectivity index (χ2v) is 2.92. The summed E-state index contributed by atoms with van der Waals surface area (Å²) in [5, 5.41) is 7.65. The minimum atomic E-state index is 0.516. The molecule has 0 saturated heterocycles. The van der Waals surface area contributed by atoms with Crippen LogP contribution in [0.1, 0.15) is 25.6 Å². The third-order valence-corrected chi connectivity index (χ3v) is 1.73. The Morgan fingerprint density at radius 1 is 1.69 bits per heavy atom. The minimum Gasteiger partial charge on any atom is -0.387 e. The summed E-state index contributed by atoms with van der Waals surface area (Å²) in [5.41, 5.74) is 5.64. The van der Waals surface area contributed by atoms with Crippen molar-refractivity contribution in [3.8, 4) is 0 Å². The molecule has 2 N–H and O–H groups in total. The molecule has 0 radical (unpaired) electrons. The third-order valence-electron chi connectivity index (χ3n) is 1.73. The Kier molecular flexibility index (Phi) is 3.42. The molecule has 72 valence electrons. The predicted octanol–water partition coefficient (Wildman–Crippen LogP) is 0.472. The molecule has 0 aliphatic heterocycles. The standard InChI is InChI=1S/C8H15N5/c1-3-4-7(9)10-5-8-12-11-6-13(8)2/h6H,3-5H2,1-2H3,(H2,9,10). The van der Waals surface area contributed by atoms with E-state index in [2.05, 4.69) is 22.1 Å². The zero-order valence-electron chi connectivity index (χ0n) is 8.06. The van der Waals surface area contributed by atoms with Gasteiger partial charge in [-0.25, -0.2) is 0 Å². The lowest BCUT2D eigenvalue weighted by Crippen LogP contribution is -2.11. The topological polar surface area (TPSA) is 69.1 Å². The van der Waals surface area contributed by atoms with E-state index in [4.69, 9.17) is 5.73 Å². The van der Waals surface area contributed by atoms with E-state index in [0.29, 0.717) is 12.4 Å². The van der Waals surface area contributed by atoms with E-state index < -0.39 is 0 Å². The van der Waals surface area contributed by atoms with Gasteiger partial charge < -0.3 is 10.3 Å². The fourth-order valence-corrected chi connectivity index (χ4v) is 0.958. The molecule has 1 aromatic rings. The van der Waals surface area contributed by atoms with Gasteiger partial charge in [-0.1, -0.05) is 6.92 Å². The molecule has 0 bridgehead atoms. The lowest BCUT2D eigenvalue weighted by molar-refractivity contribution is 0.789. The average Bonchev–Trinajstić information content (AvgIpc) is 2.48. The molecule has 13 heavy (non-hydrogen) atoms. The number of nitrogens with two attached hydrogens (primary N) is 1. The lowest BCUT2D eigenvalue weighted by Gasteiger charge is -1.98. The Morgan fingerprint density at radius 2 is 2.46 bits per heavy atom. The van der Waals surface area contributed by atoms with Crippen LogP contribution in [0.2, 0.25) is 0 Å². The molecule has 0 saturated carbocycles. The summed E-state index contributed by atoms with van der Waals surface area (Å²) >= 11 is 0. The molecule has 0 atom stereocenters. The van der Waals surface area contributed by atoms with E-state index in [-0.39, 0.29) is 0 Å². The Labute approximate surface area is 77.7 Å². The summed E-state index contributed by atoms with van der Waals surface area (Å²) in [6.45, 7) is 2.59. The molecule has 5 nitrogen and oxygen atoms in total. The van der Waals surface area contributed by atoms with Crippen LogP contribution in [-0.4, -0.2) is 20.6 Å². The first-order valence-electron chi connectivity index (χ1n) is 4.35. The van der Waals surface area contributed by atoms with Crippen molar-refractivity contribution in [2.24, 2.45) is 17.8 Å². The van der Waals surface area contributed by atoms with Gasteiger partial charge in [-0.15, -0.1) is 10.2 Å². The van der Waals surface area contributed by atoms with Crippen LogP contribution >= 0.6 is 0 Å². The fourth-order valence-electron chi connectivity index (χ4n) is 0.958. The van der Waals surface area contributed by atoms with Crippen LogP contribution in [0.15, 0.2) is 11.3 Å². The van der Waals surface area contributed by atoms with Gasteiger partial charge in [-0.05, 0) is 6.42 Å². The van der Waals surface area contributed by atoms with E-state index in [0.717, 1.165) is 18.7 Å². The second kappa shape index (κ2) is 4.59. The van der Waals surface area contributed by atoms with Crippen molar-refractivity contribution >= 4 is 5.84 Å². The van der Waals surface area contributed by atoms with Crippen molar-refractivity contribution in [1.29, 1.82) is 0 Å². The molecule has 0 amide bonds. The number of aryl methyl sites for hydroxylation is 1. The van der Waals surface area contributed by atoms with Crippen molar-refractivity contribution in [3.05, 3.63) is 12.2 Å². The monoisotopic (exact) mass is 181 g/mol. The largest absolute Gasteiger partial charge is 0.387 e. The highest BCUT2D eigenvalue weighted by Crippen LogP contribution is 1.95. The zero-order chi connectivity index (χ0) is 9.68. The summed E-state index contributed by atoms with van der Waals surface area (Å²) in [7, 11) is 1.89. The van der Waals surface area contributed by atoms with Crippen LogP contribution in [-0.2, 0) is 13.6 Å². The molecule has 1 aromatic heterocycles. The average molecular weight is 181 g/mol. The number of hydrogen-bond acceptors (Lipinski definition) is 3. The molecular weight excluding hydrogens is 166 g/mol. The van der Waals surface area contributed by atoms with Crippen molar-refractivity contribution < 1.29 is 0 Å². The van der Waals surface area contributed by atoms with Crippen molar-refractivity contribution in [2.75, 3.05) is 0 Å². The van der Waals surface area contributed by atoms with Crippen LogP contribution in [0.25, 0.3) is 0 Å². The molecule has 0 aliphatic rings. The van der Waals surface area contributed by atoms with E-state index in [1.807, 2.05) is 11.6 Å². The van der Waals surface area contributed by atoms with E-state index in [1.165, 1.54) is 0 Å². The number of hydrogen-bond donors (Lipinski definition) is 1. The molecule has 0 spiro atoms. The number of amidine groups is 1. The maximum absolute atomic E-state index is 5.64. The van der Waals surface area contributed by atoms with E-state index in [9.17, 15) is 0 Å². The van der Waals surface area contributed by atoms with Crippen molar-refractivity contribution in [2.45, 2.75) is 26.3 Å². The van der Waals surface area contributed by atoms with Crippen LogP contribution in [0.5, 0.6) is 0 Å². The van der Waals surface area contributed by atoms with Crippen molar-refractivity contribution in [1.82, 2.24) is 14.8 Å². The second-order valence-electron chi connectivity index (χ2n) is 2.92. The predicted molar refractivity (Wildman–Crippen MR) is 51.2 cm³/mol. The number of nitrogens with zero attached hydrogens (tertiary/aromatic N) is 4. The van der Waals surface area contributed by atoms with Gasteiger partial charge in [0.05, 0.1) is 5.84 Å². The maximum Gasteiger partial charge on any atom is 0.154 e. The molecule has 1 heterocycles. The Bertz CT molecular complexity index is 288. The van der Waals surface area contributed by atoms with Gasteiger partial charge in [-0.3, -0.25) is 4.99 Å². The third kappa shape index (κ3) is 2.85. The highest BCUT2D eigenvalue weighted by Gasteiger charge is 1.98. The first-order chi connectivity index (χ1) is 6.24. The normalized spacial score (nSPS) is 12.0. The Hall–Kier alpha value is -1.39. The first kappa shape index (κ1) is 9.70. The molecule has 5 heteroatoms. The van der Waals surface area contributed by atoms with Gasteiger partial charge in [0.15, 0.2) is 5.82 Å². The van der Waals surface area contributed by atoms with Crippen LogP contribution in [0, 0.1) is 0 Å². The van der Waals surface area contributed by atoms with Gasteiger partial charge >= 0.3 is 0 Å². The maximum atomic E-state index is 5.64. The van der Waals surface area contributed by atoms with Crippen LogP contribution in [0.3, 0.4) is 0 Å². The van der Waals surface area contributed by atoms with Crippen LogP contribution in [0.4, 0.5) is 0 Å². The Balaban J connectivity index is 2.51. The van der Waals surface area contributed by atoms with Gasteiger partial charge in [0.2, 0.25) is 0 Å². The highest BCUT2D eigenvalue weighted by molar-refractivity contribution is 5.80. The Morgan fingerprint density at radius 3 is 3.00 bits per heavy atom. The molecule has 1 rings (SSSR count). The zero-order valence-corrected chi connectivity index (χ0v) is 8.06. The summed E-state index contributed by atoms with van der Waals surface area (Å²) in [5.74, 6) is 1.52. The number of aromatic nitrogens is 3. The molecular formula is C8H15N5. The van der Waals surface area contributed by atoms with Gasteiger partial charge in [0.25, 0.3) is 0 Å². The summed E-state index contributed by atoms with van der Waals surface area (Å²) in [4.78, 5) is 4.19. The smallest absolute Gasteiger partial charge is 0.154 e. The highest BCUT2D eigenvalue weighted by atomic mass is 15.3. The minimum absolute atomic E-state index is 0.516. The SMILES string of the molecule is CCCC(N)=NCc1nncn1C. The van der Waals surface area contributed by atoms with Gasteiger partial charge in [-0.2, -0.15) is 0 Å². The number of aliphatic imine (C=N–C) groups is 1. The fraction of sp³-hybridized carbons (Fsp3) is 0.625.